The number of alkyl halides is 3. The van der Waals surface area contributed by atoms with Gasteiger partial charge >= 0.3 is 6.18 Å². The third-order valence-electron chi connectivity index (χ3n) is 5.99. The molecule has 1 aliphatic rings. The molecule has 200 valence electrons. The summed E-state index contributed by atoms with van der Waals surface area (Å²) in [6.45, 7) is 6.60. The number of morpholine rings is 1. The molecule has 38 heavy (non-hydrogen) atoms. The van der Waals surface area contributed by atoms with E-state index in [4.69, 9.17) is 20.8 Å². The first kappa shape index (κ1) is 25.9. The number of amides is 1. The van der Waals surface area contributed by atoms with Gasteiger partial charge in [-0.25, -0.2) is 9.97 Å². The highest BCUT2D eigenvalue weighted by Gasteiger charge is 2.32. The van der Waals surface area contributed by atoms with Crippen molar-refractivity contribution in [3.05, 3.63) is 58.8 Å². The van der Waals surface area contributed by atoms with Crippen LogP contribution < -0.4 is 5.32 Å². The Hall–Kier alpha value is -3.71. The number of hydrogen-bond donors (Lipinski definition) is 1. The van der Waals surface area contributed by atoms with Gasteiger partial charge in [-0.1, -0.05) is 11.6 Å². The summed E-state index contributed by atoms with van der Waals surface area (Å²) in [6.07, 6.45) is -1.85. The van der Waals surface area contributed by atoms with Crippen molar-refractivity contribution < 1.29 is 27.1 Å². The molecule has 1 aliphatic heterocycles. The van der Waals surface area contributed by atoms with Crippen molar-refractivity contribution in [1.29, 1.82) is 0 Å². The van der Waals surface area contributed by atoms with E-state index in [1.807, 2.05) is 13.8 Å². The van der Waals surface area contributed by atoms with E-state index in [0.29, 0.717) is 30.3 Å². The highest BCUT2D eigenvalue weighted by atomic mass is 35.5. The van der Waals surface area contributed by atoms with Crippen LogP contribution in [0.4, 0.5) is 19.2 Å². The van der Waals surface area contributed by atoms with Crippen LogP contribution in [0.2, 0.25) is 5.02 Å². The Bertz CT molecular complexity index is 1460. The van der Waals surface area contributed by atoms with Gasteiger partial charge in [0.2, 0.25) is 0 Å². The minimum absolute atomic E-state index is 0.0295. The van der Waals surface area contributed by atoms with Crippen molar-refractivity contribution in [2.45, 2.75) is 45.2 Å². The monoisotopic (exact) mass is 549 g/mol. The summed E-state index contributed by atoms with van der Waals surface area (Å²) < 4.78 is 52.1. The van der Waals surface area contributed by atoms with Crippen molar-refractivity contribution >= 4 is 34.6 Å². The van der Waals surface area contributed by atoms with Gasteiger partial charge in [-0.05, 0) is 45.0 Å². The molecule has 0 unspecified atom stereocenters. The zero-order valence-corrected chi connectivity index (χ0v) is 21.3. The Morgan fingerprint density at radius 2 is 1.92 bits per heavy atom. The van der Waals surface area contributed by atoms with Crippen LogP contribution in [0.1, 0.15) is 48.6 Å². The summed E-state index contributed by atoms with van der Waals surface area (Å²) in [7, 11) is 0. The number of carbonyl (C=O) groups excluding carboxylic acids is 1. The van der Waals surface area contributed by atoms with E-state index in [-0.39, 0.29) is 40.3 Å². The average Bonchev–Trinajstić information content (AvgIpc) is 3.50. The lowest BCUT2D eigenvalue weighted by Gasteiger charge is -2.35. The molecule has 4 heterocycles. The van der Waals surface area contributed by atoms with Crippen LogP contribution in [0.25, 0.3) is 16.9 Å². The van der Waals surface area contributed by atoms with E-state index in [9.17, 15) is 18.0 Å². The van der Waals surface area contributed by atoms with Gasteiger partial charge in [-0.15, -0.1) is 0 Å². The van der Waals surface area contributed by atoms with Crippen molar-refractivity contribution in [1.82, 2.24) is 29.6 Å². The molecule has 4 aromatic rings. The molecule has 0 radical (unpaired) electrons. The number of rotatable bonds is 5. The molecule has 5 rings (SSSR count). The van der Waals surface area contributed by atoms with Crippen LogP contribution in [0.5, 0.6) is 0 Å². The lowest BCUT2D eigenvalue weighted by Crippen LogP contribution is -2.48. The van der Waals surface area contributed by atoms with Gasteiger partial charge in [0.15, 0.2) is 17.2 Å². The van der Waals surface area contributed by atoms with Crippen molar-refractivity contribution in [2.24, 2.45) is 0 Å². The molecule has 10 nitrogen and oxygen atoms in total. The van der Waals surface area contributed by atoms with Gasteiger partial charge in [0.25, 0.3) is 11.9 Å². The fourth-order valence-electron chi connectivity index (χ4n) is 4.35. The van der Waals surface area contributed by atoms with E-state index >= 15 is 0 Å². The Morgan fingerprint density at radius 1 is 1.18 bits per heavy atom. The molecule has 3 aromatic heterocycles. The first-order valence-corrected chi connectivity index (χ1v) is 12.1. The number of aromatic nitrogens is 5. The molecule has 1 aromatic carbocycles. The van der Waals surface area contributed by atoms with Gasteiger partial charge < -0.3 is 19.4 Å². The maximum atomic E-state index is 13.1. The molecule has 0 saturated carbocycles. The zero-order chi connectivity index (χ0) is 27.2. The first-order chi connectivity index (χ1) is 18.0. The highest BCUT2D eigenvalue weighted by molar-refractivity contribution is 6.34. The molecule has 0 bridgehead atoms. The standard InChI is InChI=1S/C24H23ClF3N7O3/c1-12-9-34(10-13(2)37-12)22(36)15-4-5-19(29-8-15)35-21(30-11-31-35)14(3)32-23-33-18-7-16(24(26,27)28)6-17(25)20(18)38-23/h4-8,11-14H,9-10H2,1-3H3,(H,32,33)/t12-,13+,14-/m0/s1. The fourth-order valence-corrected chi connectivity index (χ4v) is 4.61. The van der Waals surface area contributed by atoms with Gasteiger partial charge in [0.1, 0.15) is 11.8 Å². The summed E-state index contributed by atoms with van der Waals surface area (Å²) in [5.41, 5.74) is -0.494. The van der Waals surface area contributed by atoms with Gasteiger partial charge in [-0.3, -0.25) is 4.79 Å². The number of anilines is 1. The molecule has 1 fully saturated rings. The van der Waals surface area contributed by atoms with E-state index in [1.54, 1.807) is 24.0 Å². The minimum Gasteiger partial charge on any atom is -0.422 e. The van der Waals surface area contributed by atoms with Gasteiger partial charge in [-0.2, -0.15) is 27.9 Å². The highest BCUT2D eigenvalue weighted by Crippen LogP contribution is 2.36. The second-order valence-corrected chi connectivity index (χ2v) is 9.50. The van der Waals surface area contributed by atoms with Gasteiger partial charge in [0, 0.05) is 19.3 Å². The Balaban J connectivity index is 1.33. The summed E-state index contributed by atoms with van der Waals surface area (Å²) in [5.74, 6) is 0.710. The number of carbonyl (C=O) groups is 1. The van der Waals surface area contributed by atoms with Crippen LogP contribution in [0.3, 0.4) is 0 Å². The predicted molar refractivity (Wildman–Crippen MR) is 131 cm³/mol. The molecule has 1 saturated heterocycles. The number of pyridine rings is 1. The number of halogens is 4. The van der Waals surface area contributed by atoms with E-state index in [2.05, 4.69) is 25.4 Å². The lowest BCUT2D eigenvalue weighted by atomic mass is 10.2. The maximum Gasteiger partial charge on any atom is 0.416 e. The topological polar surface area (TPSA) is 111 Å². The quantitative estimate of drug-likeness (QED) is 0.374. The Labute approximate surface area is 219 Å². The number of nitrogens with zero attached hydrogens (tertiary/aromatic N) is 6. The third kappa shape index (κ3) is 5.16. The summed E-state index contributed by atoms with van der Waals surface area (Å²) in [6, 6.07) is 4.41. The third-order valence-corrected chi connectivity index (χ3v) is 6.27. The lowest BCUT2D eigenvalue weighted by molar-refractivity contribution is -0.137. The van der Waals surface area contributed by atoms with Crippen molar-refractivity contribution in [3.63, 3.8) is 0 Å². The normalized spacial score (nSPS) is 19.1. The van der Waals surface area contributed by atoms with Crippen molar-refractivity contribution in [3.8, 4) is 5.82 Å². The van der Waals surface area contributed by atoms with Crippen LogP contribution in [0.15, 0.2) is 41.2 Å². The minimum atomic E-state index is -4.57. The molecule has 3 atom stereocenters. The van der Waals surface area contributed by atoms with E-state index in [0.717, 1.165) is 12.1 Å². The maximum absolute atomic E-state index is 13.1. The number of hydrogen-bond acceptors (Lipinski definition) is 8. The van der Waals surface area contributed by atoms with Crippen LogP contribution >= 0.6 is 11.6 Å². The summed E-state index contributed by atoms with van der Waals surface area (Å²) in [5, 5.41) is 6.99. The van der Waals surface area contributed by atoms with Crippen molar-refractivity contribution in [2.75, 3.05) is 18.4 Å². The molecule has 0 spiro atoms. The second kappa shape index (κ2) is 9.87. The Morgan fingerprint density at radius 3 is 2.58 bits per heavy atom. The summed E-state index contributed by atoms with van der Waals surface area (Å²) in [4.78, 5) is 27.4. The molecule has 1 N–H and O–H groups in total. The fraction of sp³-hybridized carbons (Fsp3) is 0.375. The van der Waals surface area contributed by atoms with Crippen LogP contribution in [0, 0.1) is 0 Å². The van der Waals surface area contributed by atoms with Crippen LogP contribution in [-0.4, -0.2) is 60.8 Å². The SMILES string of the molecule is C[C@@H]1CN(C(=O)c2ccc(-n3ncnc3[C@H](C)Nc3nc4cc(C(F)(F)F)cc(Cl)c4o3)nc2)C[C@H](C)O1. The predicted octanol–water partition coefficient (Wildman–Crippen LogP) is 4.90. The molecular formula is C24H23ClF3N7O3. The number of benzene rings is 1. The summed E-state index contributed by atoms with van der Waals surface area (Å²) >= 11 is 5.99. The number of fused-ring (bicyclic) bond motifs is 1. The molecule has 0 aliphatic carbocycles. The van der Waals surface area contributed by atoms with Crippen LogP contribution in [-0.2, 0) is 10.9 Å². The van der Waals surface area contributed by atoms with E-state index in [1.165, 1.54) is 17.2 Å². The smallest absolute Gasteiger partial charge is 0.416 e. The number of oxazole rings is 1. The largest absolute Gasteiger partial charge is 0.422 e. The average molecular weight is 550 g/mol. The first-order valence-electron chi connectivity index (χ1n) is 11.7. The molecular weight excluding hydrogens is 527 g/mol. The van der Waals surface area contributed by atoms with E-state index < -0.39 is 17.8 Å². The number of ether oxygens (including phenoxy) is 1. The van der Waals surface area contributed by atoms with Gasteiger partial charge in [0.05, 0.1) is 34.4 Å². The second-order valence-electron chi connectivity index (χ2n) is 9.09. The Kier molecular flexibility index (Phi) is 6.73. The molecule has 1 amide bonds. The zero-order valence-electron chi connectivity index (χ0n) is 20.5. The number of nitrogens with one attached hydrogen (secondary N) is 1. The molecule has 14 heteroatoms.